The van der Waals surface area contributed by atoms with E-state index in [2.05, 4.69) is 32.6 Å². The van der Waals surface area contributed by atoms with Gasteiger partial charge in [-0.2, -0.15) is 0 Å². The maximum absolute atomic E-state index is 12.5. The minimum Gasteiger partial charge on any atom is -0.325 e. The molecule has 0 aliphatic heterocycles. The van der Waals surface area contributed by atoms with Crippen LogP contribution in [0.25, 0.3) is 10.8 Å². The third-order valence-electron chi connectivity index (χ3n) is 4.10. The molecule has 27 heavy (non-hydrogen) atoms. The molecule has 0 bridgehead atoms. The van der Waals surface area contributed by atoms with E-state index >= 15 is 0 Å². The predicted molar refractivity (Wildman–Crippen MR) is 111 cm³/mol. The van der Waals surface area contributed by atoms with Gasteiger partial charge in [-0.25, -0.2) is 4.98 Å². The van der Waals surface area contributed by atoms with Crippen LogP contribution in [0.2, 0.25) is 0 Å². The minimum absolute atomic E-state index is 0.0695. The molecular weight excluding hydrogens is 376 g/mol. The number of fused-ring (bicyclic) bond motifs is 1. The Morgan fingerprint density at radius 3 is 2.85 bits per heavy atom. The number of anilines is 1. The van der Waals surface area contributed by atoms with Crippen LogP contribution in [0.15, 0.2) is 65.1 Å². The van der Waals surface area contributed by atoms with E-state index in [0.717, 1.165) is 28.7 Å². The van der Waals surface area contributed by atoms with Gasteiger partial charge in [0.15, 0.2) is 0 Å². The molecule has 5 nitrogen and oxygen atoms in total. The summed E-state index contributed by atoms with van der Waals surface area (Å²) in [5.41, 5.74) is 0.791. The number of rotatable bonds is 6. The topological polar surface area (TPSA) is 70.7 Å². The maximum Gasteiger partial charge on any atom is 0.237 e. The monoisotopic (exact) mass is 394 g/mol. The molecule has 1 unspecified atom stereocenters. The largest absolute Gasteiger partial charge is 0.325 e. The van der Waals surface area contributed by atoms with E-state index in [1.165, 1.54) is 16.6 Å². The van der Waals surface area contributed by atoms with Gasteiger partial charge in [-0.3, -0.25) is 9.89 Å². The van der Waals surface area contributed by atoms with Gasteiger partial charge >= 0.3 is 0 Å². The molecule has 7 heteroatoms. The maximum atomic E-state index is 12.5. The first-order chi connectivity index (χ1) is 13.2. The van der Waals surface area contributed by atoms with Crippen LogP contribution in [0.4, 0.5) is 5.69 Å². The van der Waals surface area contributed by atoms with Gasteiger partial charge in [0.2, 0.25) is 11.1 Å². The average molecular weight is 395 g/mol. The first-order valence-electron chi connectivity index (χ1n) is 8.57. The number of nitrogens with one attached hydrogen (secondary N) is 2. The molecule has 4 rings (SSSR count). The van der Waals surface area contributed by atoms with Gasteiger partial charge in [-0.05, 0) is 41.3 Å². The Hall–Kier alpha value is -2.64. The first-order valence-corrected chi connectivity index (χ1v) is 10.3. The zero-order chi connectivity index (χ0) is 18.6. The molecule has 2 aromatic carbocycles. The molecule has 0 spiro atoms. The number of hydrogen-bond donors (Lipinski definition) is 2. The number of thiophene rings is 1. The molecular formula is C20H18N4OS2. The highest BCUT2D eigenvalue weighted by molar-refractivity contribution is 8.00. The second-order valence-electron chi connectivity index (χ2n) is 6.13. The van der Waals surface area contributed by atoms with Gasteiger partial charge in [0, 0.05) is 17.0 Å². The predicted octanol–water partition coefficient (Wildman–Crippen LogP) is 4.73. The highest BCUT2D eigenvalue weighted by atomic mass is 32.2. The van der Waals surface area contributed by atoms with Crippen molar-refractivity contribution >= 4 is 45.5 Å². The summed E-state index contributed by atoms with van der Waals surface area (Å²) in [5, 5.41) is 14.7. The molecule has 2 aromatic heterocycles. The molecule has 0 aliphatic rings. The van der Waals surface area contributed by atoms with E-state index in [1.54, 1.807) is 11.3 Å². The SMILES string of the molecule is CC(Sc1n[nH]c(Cc2cccs2)n1)C(=O)Nc1ccc2ccccc2c1. The van der Waals surface area contributed by atoms with Crippen LogP contribution in [0, 0.1) is 0 Å². The number of benzene rings is 2. The van der Waals surface area contributed by atoms with Crippen LogP contribution >= 0.6 is 23.1 Å². The number of carbonyl (C=O) groups excluding carboxylic acids is 1. The number of aromatic amines is 1. The Morgan fingerprint density at radius 2 is 2.04 bits per heavy atom. The van der Waals surface area contributed by atoms with E-state index in [-0.39, 0.29) is 11.2 Å². The number of aromatic nitrogens is 3. The summed E-state index contributed by atoms with van der Waals surface area (Å²) in [5.74, 6) is 0.738. The molecule has 0 fully saturated rings. The van der Waals surface area contributed by atoms with Gasteiger partial charge in [0.25, 0.3) is 0 Å². The van der Waals surface area contributed by atoms with Crippen molar-refractivity contribution in [2.75, 3.05) is 5.32 Å². The lowest BCUT2D eigenvalue weighted by Gasteiger charge is -2.10. The van der Waals surface area contributed by atoms with Crippen molar-refractivity contribution in [1.29, 1.82) is 0 Å². The van der Waals surface area contributed by atoms with Crippen LogP contribution in [0.1, 0.15) is 17.6 Å². The lowest BCUT2D eigenvalue weighted by atomic mass is 10.1. The molecule has 2 heterocycles. The molecule has 2 N–H and O–H groups in total. The Morgan fingerprint density at radius 1 is 1.19 bits per heavy atom. The summed E-state index contributed by atoms with van der Waals surface area (Å²) < 4.78 is 0. The smallest absolute Gasteiger partial charge is 0.237 e. The van der Waals surface area contributed by atoms with E-state index < -0.39 is 0 Å². The van der Waals surface area contributed by atoms with Crippen LogP contribution in [-0.2, 0) is 11.2 Å². The summed E-state index contributed by atoms with van der Waals surface area (Å²) in [6.45, 7) is 1.86. The molecule has 136 valence electrons. The van der Waals surface area contributed by atoms with E-state index in [4.69, 9.17) is 0 Å². The van der Waals surface area contributed by atoms with Gasteiger partial charge in [0.1, 0.15) is 5.82 Å². The lowest BCUT2D eigenvalue weighted by molar-refractivity contribution is -0.115. The molecule has 0 saturated carbocycles. The van der Waals surface area contributed by atoms with Crippen molar-refractivity contribution in [3.8, 4) is 0 Å². The van der Waals surface area contributed by atoms with Crippen LogP contribution < -0.4 is 5.32 Å². The molecule has 1 amide bonds. The van der Waals surface area contributed by atoms with Crippen LogP contribution in [-0.4, -0.2) is 26.3 Å². The minimum atomic E-state index is -0.304. The van der Waals surface area contributed by atoms with Crippen molar-refractivity contribution in [3.05, 3.63) is 70.7 Å². The summed E-state index contributed by atoms with van der Waals surface area (Å²) in [6, 6.07) is 18.1. The highest BCUT2D eigenvalue weighted by Crippen LogP contribution is 2.23. The zero-order valence-corrected chi connectivity index (χ0v) is 16.3. The zero-order valence-electron chi connectivity index (χ0n) is 14.7. The van der Waals surface area contributed by atoms with Crippen molar-refractivity contribution in [1.82, 2.24) is 15.2 Å². The Bertz CT molecular complexity index is 1060. The molecule has 0 radical (unpaired) electrons. The summed E-state index contributed by atoms with van der Waals surface area (Å²) in [4.78, 5) is 18.2. The van der Waals surface area contributed by atoms with E-state index in [1.807, 2.05) is 54.8 Å². The van der Waals surface area contributed by atoms with E-state index in [0.29, 0.717) is 5.16 Å². The van der Waals surface area contributed by atoms with Gasteiger partial charge in [-0.15, -0.1) is 16.4 Å². The molecule has 1 atom stereocenters. The third-order valence-corrected chi connectivity index (χ3v) is 5.94. The normalized spacial score (nSPS) is 12.2. The van der Waals surface area contributed by atoms with Gasteiger partial charge in [-0.1, -0.05) is 48.2 Å². The van der Waals surface area contributed by atoms with Crippen molar-refractivity contribution < 1.29 is 4.79 Å². The summed E-state index contributed by atoms with van der Waals surface area (Å²) in [7, 11) is 0. The number of hydrogen-bond acceptors (Lipinski definition) is 5. The first kappa shape index (κ1) is 17.8. The second-order valence-corrected chi connectivity index (χ2v) is 8.47. The number of amides is 1. The number of H-pyrrole nitrogens is 1. The third kappa shape index (κ3) is 4.37. The standard InChI is InChI=1S/C20H18N4OS2/c1-13(27-20-22-18(23-24-20)12-17-7-4-10-26-17)19(25)21-16-9-8-14-5-2-3-6-15(14)11-16/h2-11,13H,12H2,1H3,(H,21,25)(H,22,23,24). The summed E-state index contributed by atoms with van der Waals surface area (Å²) >= 11 is 3.03. The van der Waals surface area contributed by atoms with Gasteiger partial charge in [0.05, 0.1) is 5.25 Å². The van der Waals surface area contributed by atoms with Crippen LogP contribution in [0.5, 0.6) is 0 Å². The van der Waals surface area contributed by atoms with Gasteiger partial charge < -0.3 is 5.32 Å². The van der Waals surface area contributed by atoms with E-state index in [9.17, 15) is 4.79 Å². The fourth-order valence-corrected chi connectivity index (χ4v) is 4.16. The fourth-order valence-electron chi connectivity index (χ4n) is 2.71. The number of nitrogens with zero attached hydrogens (tertiary/aromatic N) is 2. The second kappa shape index (κ2) is 7.94. The molecule has 0 saturated heterocycles. The number of thioether (sulfide) groups is 1. The Kier molecular flexibility index (Phi) is 5.22. The Labute approximate surface area is 165 Å². The quantitative estimate of drug-likeness (QED) is 0.464. The van der Waals surface area contributed by atoms with Crippen molar-refractivity contribution in [2.45, 2.75) is 23.8 Å². The van der Waals surface area contributed by atoms with Crippen molar-refractivity contribution in [3.63, 3.8) is 0 Å². The summed E-state index contributed by atoms with van der Waals surface area (Å²) in [6.07, 6.45) is 0.725. The Balaban J connectivity index is 1.38. The average Bonchev–Trinajstić information content (AvgIpc) is 3.34. The van der Waals surface area contributed by atoms with Crippen molar-refractivity contribution in [2.24, 2.45) is 0 Å². The highest BCUT2D eigenvalue weighted by Gasteiger charge is 2.17. The fraction of sp³-hybridized carbons (Fsp3) is 0.150. The number of carbonyl (C=O) groups is 1. The van der Waals surface area contributed by atoms with Crippen LogP contribution in [0.3, 0.4) is 0 Å². The molecule has 4 aromatic rings. The lowest BCUT2D eigenvalue weighted by Crippen LogP contribution is -2.22. The molecule has 0 aliphatic carbocycles.